The van der Waals surface area contributed by atoms with Crippen LogP contribution in [0, 0.1) is 13.8 Å². The number of allylic oxidation sites excluding steroid dienone is 1. The molecule has 0 unspecified atom stereocenters. The molecule has 1 amide bonds. The molecule has 1 fully saturated rings. The molecule has 2 aromatic carbocycles. The first-order chi connectivity index (χ1) is 12.4. The number of hydrogen-bond donors (Lipinski definition) is 0. The van der Waals surface area contributed by atoms with Crippen LogP contribution >= 0.6 is 12.2 Å². The maximum Gasteiger partial charge on any atom is 0.297 e. The maximum absolute atomic E-state index is 12.6. The highest BCUT2D eigenvalue weighted by Gasteiger charge is 2.34. The van der Waals surface area contributed by atoms with E-state index in [1.54, 1.807) is 0 Å². The zero-order valence-corrected chi connectivity index (χ0v) is 16.0. The van der Waals surface area contributed by atoms with Gasteiger partial charge in [-0.15, -0.1) is 0 Å². The zero-order chi connectivity index (χ0) is 18.6. The highest BCUT2D eigenvalue weighted by atomic mass is 32.1. The summed E-state index contributed by atoms with van der Waals surface area (Å²) in [6.45, 7) is 8.32. The van der Waals surface area contributed by atoms with Gasteiger partial charge in [-0.25, -0.2) is 0 Å². The van der Waals surface area contributed by atoms with Crippen molar-refractivity contribution in [3.05, 3.63) is 52.8 Å². The summed E-state index contributed by atoms with van der Waals surface area (Å²) in [5.74, 6) is 0.125. The van der Waals surface area contributed by atoms with Gasteiger partial charge in [-0.2, -0.15) is 0 Å². The van der Waals surface area contributed by atoms with Crippen molar-refractivity contribution in [2.45, 2.75) is 27.7 Å². The number of fused-ring (bicyclic) bond motifs is 3. The Hall–Kier alpha value is -2.66. The summed E-state index contributed by atoms with van der Waals surface area (Å²) in [5, 5.41) is 2.33. The average molecular weight is 365 g/mol. The lowest BCUT2D eigenvalue weighted by Gasteiger charge is -2.07. The number of ether oxygens (including phenoxy) is 1. The monoisotopic (exact) mass is 365 g/mol. The first-order valence-electron chi connectivity index (χ1n) is 8.59. The molecule has 1 aromatic heterocycles. The fourth-order valence-electron chi connectivity index (χ4n) is 3.46. The predicted molar refractivity (Wildman–Crippen MR) is 107 cm³/mol. The fourth-order valence-corrected chi connectivity index (χ4v) is 3.76. The van der Waals surface area contributed by atoms with Gasteiger partial charge in [0.1, 0.15) is 11.2 Å². The van der Waals surface area contributed by atoms with E-state index in [1.807, 2.05) is 45.9 Å². The molecule has 26 heavy (non-hydrogen) atoms. The van der Waals surface area contributed by atoms with Gasteiger partial charge in [-0.1, -0.05) is 18.2 Å². The van der Waals surface area contributed by atoms with E-state index >= 15 is 0 Å². The Morgan fingerprint density at radius 2 is 1.85 bits per heavy atom. The number of thiocarbonyl (C=S) groups is 1. The third kappa shape index (κ3) is 2.35. The van der Waals surface area contributed by atoms with Crippen LogP contribution in [0.1, 0.15) is 30.5 Å². The summed E-state index contributed by atoms with van der Waals surface area (Å²) in [6.07, 6.45) is 0. The summed E-state index contributed by atoms with van der Waals surface area (Å²) in [5.41, 5.74) is 5.62. The number of benzene rings is 2. The number of para-hydroxylation sites is 1. The topological polar surface area (TPSA) is 42.7 Å². The minimum absolute atomic E-state index is 0.180. The van der Waals surface area contributed by atoms with Crippen LogP contribution in [0.15, 0.2) is 40.5 Å². The van der Waals surface area contributed by atoms with Crippen LogP contribution in [0.5, 0.6) is 0 Å². The predicted octanol–water partition coefficient (Wildman–Crippen LogP) is 5.10. The van der Waals surface area contributed by atoms with Crippen LogP contribution in [-0.4, -0.2) is 22.5 Å². The van der Waals surface area contributed by atoms with Gasteiger partial charge >= 0.3 is 0 Å². The van der Waals surface area contributed by atoms with E-state index in [0.29, 0.717) is 12.3 Å². The fraction of sp³-hybridized carbons (Fsp3) is 0.238. The highest BCUT2D eigenvalue weighted by Crippen LogP contribution is 2.36. The number of carbonyl (C=O) groups is 1. The average Bonchev–Trinajstić information content (AvgIpc) is 3.13. The molecule has 0 bridgehead atoms. The molecule has 0 spiro atoms. The molecule has 5 heteroatoms. The summed E-state index contributed by atoms with van der Waals surface area (Å²) in [7, 11) is 0. The van der Waals surface area contributed by atoms with Crippen LogP contribution in [0.25, 0.3) is 27.5 Å². The molecule has 1 aliphatic rings. The Morgan fingerprint density at radius 3 is 2.54 bits per heavy atom. The molecule has 4 nitrogen and oxygen atoms in total. The lowest BCUT2D eigenvalue weighted by Crippen LogP contribution is -2.28. The number of likely N-dealkylation sites (N-methyl/N-ethyl adjacent to an activating group) is 1. The van der Waals surface area contributed by atoms with Gasteiger partial charge in [-0.05, 0) is 68.7 Å². The molecule has 2 heterocycles. The van der Waals surface area contributed by atoms with Crippen LogP contribution in [0.3, 0.4) is 0 Å². The van der Waals surface area contributed by atoms with Crippen molar-refractivity contribution >= 4 is 50.8 Å². The first kappa shape index (κ1) is 16.8. The number of rotatable bonds is 2. The van der Waals surface area contributed by atoms with E-state index in [2.05, 4.69) is 12.1 Å². The first-order valence-corrected chi connectivity index (χ1v) is 9.00. The number of amides is 1. The third-order valence-electron chi connectivity index (χ3n) is 4.92. The molecule has 1 saturated heterocycles. The van der Waals surface area contributed by atoms with Gasteiger partial charge in [0.25, 0.3) is 11.1 Å². The summed E-state index contributed by atoms with van der Waals surface area (Å²) < 4.78 is 11.7. The van der Waals surface area contributed by atoms with Crippen LogP contribution in [0.2, 0.25) is 0 Å². The summed E-state index contributed by atoms with van der Waals surface area (Å²) in [4.78, 5) is 14.0. The quantitative estimate of drug-likeness (QED) is 0.468. The van der Waals surface area contributed by atoms with E-state index < -0.39 is 0 Å². The van der Waals surface area contributed by atoms with Crippen molar-refractivity contribution in [2.24, 2.45) is 0 Å². The van der Waals surface area contributed by atoms with Crippen molar-refractivity contribution < 1.29 is 13.9 Å². The van der Waals surface area contributed by atoms with Crippen molar-refractivity contribution in [2.75, 3.05) is 6.54 Å². The van der Waals surface area contributed by atoms with Crippen molar-refractivity contribution in [1.82, 2.24) is 4.90 Å². The van der Waals surface area contributed by atoms with E-state index in [-0.39, 0.29) is 11.1 Å². The van der Waals surface area contributed by atoms with Gasteiger partial charge in [0, 0.05) is 22.9 Å². The van der Waals surface area contributed by atoms with Crippen molar-refractivity contribution in [1.29, 1.82) is 0 Å². The third-order valence-corrected chi connectivity index (χ3v) is 5.22. The Labute approximate surface area is 157 Å². The van der Waals surface area contributed by atoms with Crippen LogP contribution in [-0.2, 0) is 9.53 Å². The number of carbonyl (C=O) groups excluding carboxylic acids is 1. The molecular weight excluding hydrogens is 346 g/mol. The van der Waals surface area contributed by atoms with Gasteiger partial charge in [0.15, 0.2) is 5.76 Å². The number of hydrogen-bond acceptors (Lipinski definition) is 4. The molecule has 0 aliphatic carbocycles. The number of furan rings is 1. The smallest absolute Gasteiger partial charge is 0.297 e. The van der Waals surface area contributed by atoms with Gasteiger partial charge < -0.3 is 9.15 Å². The van der Waals surface area contributed by atoms with Crippen LogP contribution < -0.4 is 0 Å². The molecule has 0 radical (unpaired) electrons. The molecule has 3 aromatic rings. The van der Waals surface area contributed by atoms with E-state index in [9.17, 15) is 4.79 Å². The Kier molecular flexibility index (Phi) is 3.84. The SMILES string of the molecule is CCN1C(=O)/C(=C(/C)c2cc(C)c3oc4c(C)cccc4c3c2)OC1=S. The second-order valence-corrected chi connectivity index (χ2v) is 6.94. The summed E-state index contributed by atoms with van der Waals surface area (Å²) in [6, 6.07) is 10.2. The molecule has 4 rings (SSSR count). The standard InChI is InChI=1S/C21H19NO3S/c1-5-22-20(23)19(25-21(22)26)13(4)14-9-12(3)18-16(10-14)15-8-6-7-11(2)17(15)24-18/h6-10H,5H2,1-4H3/b19-13+. The Bertz CT molecular complexity index is 1120. The van der Waals surface area contributed by atoms with Crippen molar-refractivity contribution in [3.8, 4) is 0 Å². The van der Waals surface area contributed by atoms with Crippen LogP contribution in [0.4, 0.5) is 0 Å². The minimum Gasteiger partial charge on any atom is -0.456 e. The van der Waals surface area contributed by atoms with Crippen molar-refractivity contribution in [3.63, 3.8) is 0 Å². The van der Waals surface area contributed by atoms with E-state index in [0.717, 1.165) is 44.2 Å². The Balaban J connectivity index is 1.94. The van der Waals surface area contributed by atoms with Gasteiger partial charge in [0.05, 0.1) is 0 Å². The molecule has 0 N–H and O–H groups in total. The second kappa shape index (κ2) is 5.95. The van der Waals surface area contributed by atoms with E-state index in [1.165, 1.54) is 4.90 Å². The number of nitrogens with zero attached hydrogens (tertiary/aromatic N) is 1. The molecule has 132 valence electrons. The lowest BCUT2D eigenvalue weighted by molar-refractivity contribution is -0.122. The summed E-state index contributed by atoms with van der Waals surface area (Å²) >= 11 is 5.16. The largest absolute Gasteiger partial charge is 0.456 e. The zero-order valence-electron chi connectivity index (χ0n) is 15.2. The van der Waals surface area contributed by atoms with Gasteiger partial charge in [-0.3, -0.25) is 9.69 Å². The molecule has 0 atom stereocenters. The molecule has 1 aliphatic heterocycles. The Morgan fingerprint density at radius 1 is 1.12 bits per heavy atom. The normalized spacial score (nSPS) is 16.7. The minimum atomic E-state index is -0.180. The second-order valence-electron chi connectivity index (χ2n) is 6.59. The lowest BCUT2D eigenvalue weighted by atomic mass is 9.99. The molecular formula is C21H19NO3S. The number of aryl methyl sites for hydroxylation is 2. The molecule has 0 saturated carbocycles. The van der Waals surface area contributed by atoms with Gasteiger partial charge in [0.2, 0.25) is 0 Å². The maximum atomic E-state index is 12.6. The van der Waals surface area contributed by atoms with E-state index in [4.69, 9.17) is 21.4 Å². The highest BCUT2D eigenvalue weighted by molar-refractivity contribution is 7.80.